The molecule has 1 unspecified atom stereocenters. The first kappa shape index (κ1) is 12.8. The molecule has 0 amide bonds. The lowest BCUT2D eigenvalue weighted by atomic mass is 10.1. The van der Waals surface area contributed by atoms with Crippen LogP contribution in [0.25, 0.3) is 11.0 Å². The van der Waals surface area contributed by atoms with Crippen LogP contribution in [0, 0.1) is 6.92 Å². The van der Waals surface area contributed by atoms with Gasteiger partial charge in [-0.3, -0.25) is 0 Å². The van der Waals surface area contributed by atoms with Crippen LogP contribution >= 0.6 is 0 Å². The molecule has 3 heteroatoms. The van der Waals surface area contributed by atoms with Gasteiger partial charge in [-0.25, -0.2) is 0 Å². The maximum Gasteiger partial charge on any atom is 0.137 e. The van der Waals surface area contributed by atoms with Crippen LogP contribution in [0.5, 0.6) is 5.75 Å². The van der Waals surface area contributed by atoms with E-state index in [0.29, 0.717) is 0 Å². The molecular formula is C17H17NO2. The number of hydrogen-bond acceptors (Lipinski definition) is 3. The molecular weight excluding hydrogens is 250 g/mol. The number of methoxy groups -OCH3 is 1. The monoisotopic (exact) mass is 267 g/mol. The number of rotatable bonds is 3. The first-order chi connectivity index (χ1) is 9.69. The summed E-state index contributed by atoms with van der Waals surface area (Å²) < 4.78 is 11.1. The van der Waals surface area contributed by atoms with Gasteiger partial charge in [0, 0.05) is 5.39 Å². The zero-order valence-electron chi connectivity index (χ0n) is 11.6. The molecule has 1 heterocycles. The molecule has 0 spiro atoms. The average Bonchev–Trinajstić information content (AvgIpc) is 2.92. The van der Waals surface area contributed by atoms with Crippen LogP contribution in [-0.4, -0.2) is 7.11 Å². The lowest BCUT2D eigenvalue weighted by Gasteiger charge is -2.09. The highest BCUT2D eigenvalue weighted by Crippen LogP contribution is 2.29. The van der Waals surface area contributed by atoms with Crippen molar-refractivity contribution < 1.29 is 9.15 Å². The molecule has 1 aromatic heterocycles. The van der Waals surface area contributed by atoms with E-state index in [2.05, 4.69) is 0 Å². The molecule has 2 aromatic carbocycles. The van der Waals surface area contributed by atoms with Crippen molar-refractivity contribution >= 4 is 11.0 Å². The van der Waals surface area contributed by atoms with Crippen molar-refractivity contribution in [3.8, 4) is 5.75 Å². The van der Waals surface area contributed by atoms with E-state index in [4.69, 9.17) is 14.9 Å². The Morgan fingerprint density at radius 1 is 1.10 bits per heavy atom. The zero-order valence-corrected chi connectivity index (χ0v) is 11.6. The highest BCUT2D eigenvalue weighted by molar-refractivity contribution is 5.81. The van der Waals surface area contributed by atoms with Crippen LogP contribution in [0.15, 0.2) is 52.9 Å². The van der Waals surface area contributed by atoms with Crippen molar-refractivity contribution in [1.29, 1.82) is 0 Å². The minimum atomic E-state index is -0.271. The smallest absolute Gasteiger partial charge is 0.137 e. The second-order valence-corrected chi connectivity index (χ2v) is 4.89. The highest BCUT2D eigenvalue weighted by Gasteiger charge is 2.15. The minimum absolute atomic E-state index is 0.271. The van der Waals surface area contributed by atoms with E-state index >= 15 is 0 Å². The van der Waals surface area contributed by atoms with Gasteiger partial charge in [-0.2, -0.15) is 0 Å². The molecule has 0 aliphatic rings. The van der Waals surface area contributed by atoms with Crippen molar-refractivity contribution in [3.63, 3.8) is 0 Å². The third-order valence-corrected chi connectivity index (χ3v) is 3.54. The SMILES string of the molecule is COc1ccc(C(N)c2cc3cccc(C)c3o2)cc1. The Kier molecular flexibility index (Phi) is 3.20. The summed E-state index contributed by atoms with van der Waals surface area (Å²) in [7, 11) is 1.65. The average molecular weight is 267 g/mol. The number of para-hydroxylation sites is 1. The van der Waals surface area contributed by atoms with Crippen molar-refractivity contribution in [2.45, 2.75) is 13.0 Å². The Balaban J connectivity index is 1.98. The van der Waals surface area contributed by atoms with Crippen LogP contribution in [0.2, 0.25) is 0 Å². The molecule has 0 radical (unpaired) electrons. The summed E-state index contributed by atoms with van der Waals surface area (Å²) in [5, 5.41) is 1.09. The largest absolute Gasteiger partial charge is 0.497 e. The Morgan fingerprint density at radius 3 is 2.50 bits per heavy atom. The predicted molar refractivity (Wildman–Crippen MR) is 80.0 cm³/mol. The van der Waals surface area contributed by atoms with E-state index in [9.17, 15) is 0 Å². The number of fused-ring (bicyclic) bond motifs is 1. The second kappa shape index (κ2) is 5.02. The van der Waals surface area contributed by atoms with E-state index in [1.807, 2.05) is 55.5 Å². The Morgan fingerprint density at radius 2 is 1.85 bits per heavy atom. The van der Waals surface area contributed by atoms with Gasteiger partial charge in [0.05, 0.1) is 13.2 Å². The number of benzene rings is 2. The van der Waals surface area contributed by atoms with Crippen LogP contribution in [0.1, 0.15) is 22.9 Å². The maximum atomic E-state index is 6.29. The molecule has 3 nitrogen and oxygen atoms in total. The topological polar surface area (TPSA) is 48.4 Å². The van der Waals surface area contributed by atoms with Crippen molar-refractivity contribution in [3.05, 3.63) is 65.4 Å². The van der Waals surface area contributed by atoms with Crippen LogP contribution in [-0.2, 0) is 0 Å². The fraction of sp³-hybridized carbons (Fsp3) is 0.176. The van der Waals surface area contributed by atoms with Gasteiger partial charge in [-0.15, -0.1) is 0 Å². The summed E-state index contributed by atoms with van der Waals surface area (Å²) in [5.41, 5.74) is 9.32. The molecule has 0 aliphatic carbocycles. The number of hydrogen-bond donors (Lipinski definition) is 1. The van der Waals surface area contributed by atoms with E-state index < -0.39 is 0 Å². The van der Waals surface area contributed by atoms with Gasteiger partial charge in [0.1, 0.15) is 17.1 Å². The third kappa shape index (κ3) is 2.17. The summed E-state index contributed by atoms with van der Waals surface area (Å²) in [6.07, 6.45) is 0. The molecule has 0 saturated heterocycles. The number of nitrogens with two attached hydrogens (primary N) is 1. The molecule has 0 fully saturated rings. The van der Waals surface area contributed by atoms with Crippen LogP contribution < -0.4 is 10.5 Å². The van der Waals surface area contributed by atoms with Crippen LogP contribution in [0.3, 0.4) is 0 Å². The molecule has 20 heavy (non-hydrogen) atoms. The Bertz CT molecular complexity index is 728. The number of furan rings is 1. The first-order valence-corrected chi connectivity index (χ1v) is 6.57. The molecule has 2 N–H and O–H groups in total. The summed E-state index contributed by atoms with van der Waals surface area (Å²) in [6.45, 7) is 2.04. The highest BCUT2D eigenvalue weighted by atomic mass is 16.5. The number of aryl methyl sites for hydroxylation is 1. The second-order valence-electron chi connectivity index (χ2n) is 4.89. The zero-order chi connectivity index (χ0) is 14.1. The fourth-order valence-electron chi connectivity index (χ4n) is 2.36. The molecule has 3 rings (SSSR count). The Hall–Kier alpha value is -2.26. The molecule has 1 atom stereocenters. The number of ether oxygens (including phenoxy) is 1. The summed E-state index contributed by atoms with van der Waals surface area (Å²) >= 11 is 0. The van der Waals surface area contributed by atoms with Crippen molar-refractivity contribution in [2.75, 3.05) is 7.11 Å². The van der Waals surface area contributed by atoms with Crippen molar-refractivity contribution in [1.82, 2.24) is 0 Å². The molecule has 0 aliphatic heterocycles. The quantitative estimate of drug-likeness (QED) is 0.785. The van der Waals surface area contributed by atoms with E-state index in [1.54, 1.807) is 7.11 Å². The summed E-state index contributed by atoms with van der Waals surface area (Å²) in [6, 6.07) is 15.6. The first-order valence-electron chi connectivity index (χ1n) is 6.57. The normalized spacial score (nSPS) is 12.6. The Labute approximate surface area is 118 Å². The fourth-order valence-corrected chi connectivity index (χ4v) is 2.36. The maximum absolute atomic E-state index is 6.29. The van der Waals surface area contributed by atoms with Crippen molar-refractivity contribution in [2.24, 2.45) is 5.73 Å². The standard InChI is InChI=1S/C17H17NO2/c1-11-4-3-5-13-10-15(20-17(11)13)16(18)12-6-8-14(19-2)9-7-12/h3-10,16H,18H2,1-2H3. The van der Waals surface area contributed by atoms with Gasteiger partial charge in [0.2, 0.25) is 0 Å². The van der Waals surface area contributed by atoms with E-state index in [-0.39, 0.29) is 6.04 Å². The predicted octanol–water partition coefficient (Wildman–Crippen LogP) is 3.80. The van der Waals surface area contributed by atoms with Gasteiger partial charge in [-0.1, -0.05) is 30.3 Å². The molecule has 0 bridgehead atoms. The summed E-state index contributed by atoms with van der Waals surface area (Å²) in [5.74, 6) is 1.60. The molecule has 3 aromatic rings. The van der Waals surface area contributed by atoms with E-state index in [1.165, 1.54) is 0 Å². The van der Waals surface area contributed by atoms with E-state index in [0.717, 1.165) is 33.6 Å². The third-order valence-electron chi connectivity index (χ3n) is 3.54. The van der Waals surface area contributed by atoms with Gasteiger partial charge >= 0.3 is 0 Å². The molecule has 102 valence electrons. The van der Waals surface area contributed by atoms with Gasteiger partial charge in [-0.05, 0) is 36.2 Å². The lowest BCUT2D eigenvalue weighted by Crippen LogP contribution is -2.10. The summed E-state index contributed by atoms with van der Waals surface area (Å²) in [4.78, 5) is 0. The molecule has 0 saturated carbocycles. The van der Waals surface area contributed by atoms with Crippen LogP contribution in [0.4, 0.5) is 0 Å². The van der Waals surface area contributed by atoms with Gasteiger partial charge in [0.25, 0.3) is 0 Å². The van der Waals surface area contributed by atoms with Gasteiger partial charge < -0.3 is 14.9 Å². The minimum Gasteiger partial charge on any atom is -0.497 e. The lowest BCUT2D eigenvalue weighted by molar-refractivity contribution is 0.414. The van der Waals surface area contributed by atoms with Gasteiger partial charge in [0.15, 0.2) is 0 Å².